The Bertz CT molecular complexity index is 1070. The Morgan fingerprint density at radius 3 is 2.52 bits per heavy atom. The van der Waals surface area contributed by atoms with Gasteiger partial charge in [-0.3, -0.25) is 4.90 Å². The Morgan fingerprint density at radius 1 is 1.07 bits per heavy atom. The number of fused-ring (bicyclic) bond motifs is 1. The van der Waals surface area contributed by atoms with E-state index in [-0.39, 0.29) is 4.90 Å². The van der Waals surface area contributed by atoms with Crippen LogP contribution in [0.4, 0.5) is 5.69 Å². The molecule has 1 aromatic carbocycles. The number of amidine groups is 1. The molecular weight excluding hydrogens is 408 g/mol. The van der Waals surface area contributed by atoms with E-state index in [9.17, 15) is 16.8 Å². The summed E-state index contributed by atoms with van der Waals surface area (Å²) in [5.74, 6) is 0.350. The number of rotatable bonds is 4. The van der Waals surface area contributed by atoms with E-state index in [1.54, 1.807) is 35.7 Å². The van der Waals surface area contributed by atoms with Gasteiger partial charge in [-0.25, -0.2) is 8.42 Å². The number of benzene rings is 1. The molecule has 2 aliphatic rings. The Hall–Kier alpha value is -1.79. The van der Waals surface area contributed by atoms with Crippen molar-refractivity contribution in [3.8, 4) is 0 Å². The van der Waals surface area contributed by atoms with Crippen molar-refractivity contribution in [3.05, 3.63) is 41.8 Å². The van der Waals surface area contributed by atoms with Gasteiger partial charge in [-0.15, -0.1) is 15.7 Å². The predicted molar refractivity (Wildman–Crippen MR) is 104 cm³/mol. The highest BCUT2D eigenvalue weighted by Crippen LogP contribution is 2.27. The first-order chi connectivity index (χ1) is 12.9. The minimum atomic E-state index is -3.71. The molecule has 0 radical (unpaired) electrons. The number of hydrogen-bond acceptors (Lipinski definition) is 7. The quantitative estimate of drug-likeness (QED) is 0.790. The molecule has 1 fully saturated rings. The Labute approximate surface area is 162 Å². The van der Waals surface area contributed by atoms with Gasteiger partial charge in [0.2, 0.25) is 0 Å². The normalized spacial score (nSPS) is 20.5. The number of thiophene rings is 1. The van der Waals surface area contributed by atoms with Crippen LogP contribution >= 0.6 is 11.3 Å². The summed E-state index contributed by atoms with van der Waals surface area (Å²) in [6.45, 7) is 2.05. The zero-order chi connectivity index (χ0) is 19.1. The first kappa shape index (κ1) is 18.6. The summed E-state index contributed by atoms with van der Waals surface area (Å²) in [4.78, 5) is 2.16. The summed E-state index contributed by atoms with van der Waals surface area (Å²) in [7, 11) is -7.16. The van der Waals surface area contributed by atoms with Crippen LogP contribution in [0.25, 0.3) is 0 Å². The van der Waals surface area contributed by atoms with Crippen molar-refractivity contribution in [1.82, 2.24) is 9.21 Å². The molecule has 144 valence electrons. The third-order valence-electron chi connectivity index (χ3n) is 4.47. The first-order valence-electron chi connectivity index (χ1n) is 8.32. The highest BCUT2D eigenvalue weighted by atomic mass is 32.2. The average Bonchev–Trinajstić information content (AvgIpc) is 3.17. The lowest BCUT2D eigenvalue weighted by Crippen LogP contribution is -2.50. The number of nitrogens with zero attached hydrogens (tertiary/aromatic N) is 3. The van der Waals surface area contributed by atoms with Gasteiger partial charge in [-0.1, -0.05) is 18.2 Å². The van der Waals surface area contributed by atoms with Gasteiger partial charge in [-0.2, -0.15) is 12.7 Å². The molecule has 2 aromatic rings. The molecule has 27 heavy (non-hydrogen) atoms. The van der Waals surface area contributed by atoms with Crippen LogP contribution in [0, 0.1) is 0 Å². The van der Waals surface area contributed by atoms with Gasteiger partial charge in [0, 0.05) is 26.2 Å². The lowest BCUT2D eigenvalue weighted by molar-refractivity contribution is 0.209. The maximum absolute atomic E-state index is 12.6. The van der Waals surface area contributed by atoms with Gasteiger partial charge in [0.1, 0.15) is 14.9 Å². The fourth-order valence-corrected chi connectivity index (χ4v) is 6.82. The Kier molecular flexibility index (Phi) is 4.80. The molecule has 1 saturated heterocycles. The first-order valence-corrected chi connectivity index (χ1v) is 12.1. The van der Waals surface area contributed by atoms with E-state index in [4.69, 9.17) is 0 Å². The fourth-order valence-electron chi connectivity index (χ4n) is 3.11. The average molecular weight is 427 g/mol. The molecule has 8 nitrogen and oxygen atoms in total. The zero-order valence-electron chi connectivity index (χ0n) is 14.3. The third-order valence-corrected chi connectivity index (χ3v) is 9.11. The summed E-state index contributed by atoms with van der Waals surface area (Å²) < 4.78 is 55.4. The van der Waals surface area contributed by atoms with Crippen molar-refractivity contribution in [1.29, 1.82) is 0 Å². The largest absolute Gasteiger partial charge is 0.341 e. The van der Waals surface area contributed by atoms with Crippen molar-refractivity contribution in [3.63, 3.8) is 0 Å². The van der Waals surface area contributed by atoms with Crippen LogP contribution in [0.15, 0.2) is 55.3 Å². The van der Waals surface area contributed by atoms with E-state index in [1.165, 1.54) is 21.7 Å². The Balaban J connectivity index is 1.43. The third kappa shape index (κ3) is 3.65. The number of anilines is 1. The summed E-state index contributed by atoms with van der Waals surface area (Å²) in [6.07, 6.45) is 0. The number of para-hydroxylation sites is 1. The molecule has 0 aliphatic carbocycles. The van der Waals surface area contributed by atoms with Crippen LogP contribution in [0.3, 0.4) is 0 Å². The van der Waals surface area contributed by atoms with Gasteiger partial charge >= 0.3 is 0 Å². The molecule has 1 aromatic heterocycles. The van der Waals surface area contributed by atoms with Crippen LogP contribution < -0.4 is 5.32 Å². The second-order valence-corrected chi connectivity index (χ2v) is 10.9. The maximum atomic E-state index is 12.6. The number of nitrogens with one attached hydrogen (secondary N) is 1. The van der Waals surface area contributed by atoms with Crippen molar-refractivity contribution < 1.29 is 16.8 Å². The molecule has 0 amide bonds. The van der Waals surface area contributed by atoms with Crippen LogP contribution in [-0.4, -0.2) is 64.6 Å². The molecule has 11 heteroatoms. The molecule has 0 bridgehead atoms. The van der Waals surface area contributed by atoms with Gasteiger partial charge < -0.3 is 5.32 Å². The number of hydrogen-bond donors (Lipinski definition) is 1. The van der Waals surface area contributed by atoms with Crippen LogP contribution in [0.1, 0.15) is 0 Å². The molecule has 0 atom stereocenters. The standard InChI is InChI=1S/C16H18N4O4S3/c21-26(22)14-5-2-1-4-13(14)17-15(18-26)12-19-7-9-20(10-8-19)27(23,24)16-6-3-11-25-16/h1-6,11H,7-10,12H2,(H,17,18). The highest BCUT2D eigenvalue weighted by Gasteiger charge is 2.31. The molecule has 0 saturated carbocycles. The monoisotopic (exact) mass is 426 g/mol. The molecule has 0 spiro atoms. The van der Waals surface area contributed by atoms with Crippen molar-refractivity contribution >= 4 is 42.9 Å². The van der Waals surface area contributed by atoms with Gasteiger partial charge in [0.15, 0.2) is 0 Å². The van der Waals surface area contributed by atoms with E-state index >= 15 is 0 Å². The molecule has 3 heterocycles. The summed E-state index contributed by atoms with van der Waals surface area (Å²) in [5.41, 5.74) is 0.515. The predicted octanol–water partition coefficient (Wildman–Crippen LogP) is 1.27. The van der Waals surface area contributed by atoms with Crippen molar-refractivity contribution in [2.24, 2.45) is 4.40 Å². The van der Waals surface area contributed by atoms with Crippen molar-refractivity contribution in [2.75, 3.05) is 38.0 Å². The summed E-state index contributed by atoms with van der Waals surface area (Å²) in [5, 5.41) is 4.81. The van der Waals surface area contributed by atoms with E-state index in [1.807, 2.05) is 4.90 Å². The highest BCUT2D eigenvalue weighted by molar-refractivity contribution is 7.91. The van der Waals surface area contributed by atoms with E-state index < -0.39 is 20.0 Å². The second-order valence-electron chi connectivity index (χ2n) is 6.25. The number of piperazine rings is 1. The Morgan fingerprint density at radius 2 is 1.81 bits per heavy atom. The van der Waals surface area contributed by atoms with Gasteiger partial charge in [0.05, 0.1) is 12.2 Å². The molecule has 1 N–H and O–H groups in total. The molecule has 2 aliphatic heterocycles. The maximum Gasteiger partial charge on any atom is 0.286 e. The van der Waals surface area contributed by atoms with Crippen molar-refractivity contribution in [2.45, 2.75) is 9.10 Å². The van der Waals surface area contributed by atoms with Crippen LogP contribution in [0.5, 0.6) is 0 Å². The number of sulfonamides is 2. The smallest absolute Gasteiger partial charge is 0.286 e. The minimum Gasteiger partial charge on any atom is -0.341 e. The molecule has 0 unspecified atom stereocenters. The van der Waals surface area contributed by atoms with Gasteiger partial charge in [0.25, 0.3) is 20.0 Å². The second kappa shape index (κ2) is 6.99. The topological polar surface area (TPSA) is 99.2 Å². The van der Waals surface area contributed by atoms with E-state index in [2.05, 4.69) is 9.71 Å². The lowest BCUT2D eigenvalue weighted by atomic mass is 10.3. The van der Waals surface area contributed by atoms with Gasteiger partial charge in [-0.05, 0) is 23.6 Å². The molecular formula is C16H18N4O4S3. The minimum absolute atomic E-state index is 0.167. The molecule has 4 rings (SSSR count). The van der Waals surface area contributed by atoms with Crippen LogP contribution in [0.2, 0.25) is 0 Å². The SMILES string of the molecule is O=S1(=O)N=C(CN2CCN(S(=O)(=O)c3cccs3)CC2)Nc2ccccc21. The summed E-state index contributed by atoms with van der Waals surface area (Å²) >= 11 is 1.21. The van der Waals surface area contributed by atoms with Crippen LogP contribution in [-0.2, 0) is 20.0 Å². The van der Waals surface area contributed by atoms with E-state index in [0.717, 1.165) is 0 Å². The summed E-state index contributed by atoms with van der Waals surface area (Å²) in [6, 6.07) is 9.97. The fraction of sp³-hybridized carbons (Fsp3) is 0.312. The zero-order valence-corrected chi connectivity index (χ0v) is 16.7. The lowest BCUT2D eigenvalue weighted by Gasteiger charge is -2.34. The van der Waals surface area contributed by atoms with E-state index in [0.29, 0.717) is 48.5 Å².